The Hall–Kier alpha value is -2.58. The zero-order valence-electron chi connectivity index (χ0n) is 15.2. The molecule has 0 saturated carbocycles. The molecule has 8 heteroatoms. The maximum atomic E-state index is 12.7. The lowest BCUT2D eigenvalue weighted by molar-refractivity contribution is 0.162. The molecule has 1 saturated heterocycles. The third-order valence-corrected chi connectivity index (χ3v) is 6.30. The first-order chi connectivity index (χ1) is 13.0. The average Bonchev–Trinajstić information content (AvgIpc) is 2.69. The molecule has 3 rings (SSSR count). The lowest BCUT2D eigenvalue weighted by Gasteiger charge is -2.33. The van der Waals surface area contributed by atoms with Gasteiger partial charge in [-0.1, -0.05) is 35.9 Å². The monoisotopic (exact) mass is 389 g/mol. The van der Waals surface area contributed by atoms with Gasteiger partial charge in [0.15, 0.2) is 6.73 Å². The zero-order chi connectivity index (χ0) is 19.3. The van der Waals surface area contributed by atoms with E-state index >= 15 is 0 Å². The number of para-hydroxylation sites is 1. The number of ether oxygens (including phenoxy) is 1. The summed E-state index contributed by atoms with van der Waals surface area (Å²) in [7, 11) is -3.53. The van der Waals surface area contributed by atoms with Crippen molar-refractivity contribution in [2.24, 2.45) is 0 Å². The van der Waals surface area contributed by atoms with Crippen molar-refractivity contribution < 1.29 is 17.9 Å². The van der Waals surface area contributed by atoms with Gasteiger partial charge in [0.2, 0.25) is 10.0 Å². The van der Waals surface area contributed by atoms with E-state index in [2.05, 4.69) is 5.32 Å². The molecular weight excluding hydrogens is 366 g/mol. The number of aryl methyl sites for hydroxylation is 1. The highest BCUT2D eigenvalue weighted by molar-refractivity contribution is 7.89. The molecular formula is C19H23N3O4S. The summed E-state index contributed by atoms with van der Waals surface area (Å²) in [5.41, 5.74) is 1.01. The Morgan fingerprint density at radius 3 is 2.26 bits per heavy atom. The smallest absolute Gasteiger partial charge is 0.320 e. The van der Waals surface area contributed by atoms with Crippen LogP contribution in [0.4, 0.5) is 4.79 Å². The number of hydrogen-bond acceptors (Lipinski definition) is 4. The van der Waals surface area contributed by atoms with E-state index in [-0.39, 0.29) is 30.7 Å². The minimum atomic E-state index is -3.53. The Morgan fingerprint density at radius 2 is 1.63 bits per heavy atom. The highest BCUT2D eigenvalue weighted by Crippen LogP contribution is 2.18. The maximum Gasteiger partial charge on any atom is 0.320 e. The summed E-state index contributed by atoms with van der Waals surface area (Å²) < 4.78 is 32.2. The number of amides is 2. The van der Waals surface area contributed by atoms with Crippen LogP contribution in [0.3, 0.4) is 0 Å². The molecule has 1 N–H and O–H groups in total. The first kappa shape index (κ1) is 19.2. The zero-order valence-corrected chi connectivity index (χ0v) is 16.0. The summed E-state index contributed by atoms with van der Waals surface area (Å²) in [5.74, 6) is 0.673. The van der Waals surface area contributed by atoms with Crippen LogP contribution in [-0.4, -0.2) is 56.6 Å². The highest BCUT2D eigenvalue weighted by atomic mass is 32.2. The summed E-state index contributed by atoms with van der Waals surface area (Å²) in [6.07, 6.45) is 0. The van der Waals surface area contributed by atoms with Crippen LogP contribution in [0.1, 0.15) is 5.56 Å². The number of urea groups is 1. The molecule has 1 fully saturated rings. The fourth-order valence-corrected chi connectivity index (χ4v) is 4.22. The van der Waals surface area contributed by atoms with E-state index in [0.29, 0.717) is 18.8 Å². The molecule has 27 heavy (non-hydrogen) atoms. The molecule has 2 aromatic carbocycles. The van der Waals surface area contributed by atoms with E-state index in [1.165, 1.54) is 4.31 Å². The summed E-state index contributed by atoms with van der Waals surface area (Å²) in [5, 5.41) is 2.69. The van der Waals surface area contributed by atoms with Gasteiger partial charge in [-0.15, -0.1) is 0 Å². The van der Waals surface area contributed by atoms with Gasteiger partial charge in [-0.05, 0) is 31.2 Å². The predicted octanol–water partition coefficient (Wildman–Crippen LogP) is 2.05. The molecule has 0 atom stereocenters. The van der Waals surface area contributed by atoms with Crippen LogP contribution in [0.15, 0.2) is 59.5 Å². The van der Waals surface area contributed by atoms with Crippen molar-refractivity contribution in [3.63, 3.8) is 0 Å². The largest absolute Gasteiger partial charge is 0.473 e. The standard InChI is InChI=1S/C19H23N3O4S/c1-16-7-9-18(10-8-16)27(24,25)22-13-11-21(12-14-22)19(23)20-15-26-17-5-3-2-4-6-17/h2-10H,11-15H2,1H3,(H,20,23). The Labute approximate surface area is 159 Å². The highest BCUT2D eigenvalue weighted by Gasteiger charge is 2.29. The first-order valence-electron chi connectivity index (χ1n) is 8.74. The predicted molar refractivity (Wildman–Crippen MR) is 102 cm³/mol. The molecule has 1 heterocycles. The maximum absolute atomic E-state index is 12.7. The molecule has 0 aromatic heterocycles. The number of sulfonamides is 1. The van der Waals surface area contributed by atoms with Crippen molar-refractivity contribution in [1.29, 1.82) is 0 Å². The number of piperazine rings is 1. The molecule has 1 aliphatic rings. The Bertz CT molecular complexity index is 862. The molecule has 0 aliphatic carbocycles. The van der Waals surface area contributed by atoms with Crippen LogP contribution in [0, 0.1) is 6.92 Å². The van der Waals surface area contributed by atoms with Gasteiger partial charge < -0.3 is 15.0 Å². The quantitative estimate of drug-likeness (QED) is 0.794. The number of hydrogen-bond donors (Lipinski definition) is 1. The Kier molecular flexibility index (Phi) is 5.98. The molecule has 144 valence electrons. The molecule has 2 aromatic rings. The first-order valence-corrected chi connectivity index (χ1v) is 10.2. The third-order valence-electron chi connectivity index (χ3n) is 4.39. The van der Waals surface area contributed by atoms with Gasteiger partial charge in [0, 0.05) is 26.2 Å². The van der Waals surface area contributed by atoms with Gasteiger partial charge in [0.25, 0.3) is 0 Å². The molecule has 2 amide bonds. The molecule has 1 aliphatic heterocycles. The van der Waals surface area contributed by atoms with Gasteiger partial charge in [-0.25, -0.2) is 13.2 Å². The SMILES string of the molecule is Cc1ccc(S(=O)(=O)N2CCN(C(=O)NCOc3ccccc3)CC2)cc1. The summed E-state index contributed by atoms with van der Waals surface area (Å²) in [6, 6.07) is 15.7. The number of nitrogens with zero attached hydrogens (tertiary/aromatic N) is 2. The number of benzene rings is 2. The van der Waals surface area contributed by atoms with Crippen molar-refractivity contribution in [2.75, 3.05) is 32.9 Å². The van der Waals surface area contributed by atoms with Crippen LogP contribution in [-0.2, 0) is 10.0 Å². The van der Waals surface area contributed by atoms with E-state index in [1.54, 1.807) is 41.3 Å². The average molecular weight is 389 g/mol. The van der Waals surface area contributed by atoms with Gasteiger partial charge in [0.1, 0.15) is 5.75 Å². The van der Waals surface area contributed by atoms with E-state index in [1.807, 2.05) is 25.1 Å². The summed E-state index contributed by atoms with van der Waals surface area (Å²) in [6.45, 7) is 3.18. The lowest BCUT2D eigenvalue weighted by atomic mass is 10.2. The number of carbonyl (C=O) groups excluding carboxylic acids is 1. The fourth-order valence-electron chi connectivity index (χ4n) is 2.80. The number of carbonyl (C=O) groups is 1. The van der Waals surface area contributed by atoms with Gasteiger partial charge >= 0.3 is 6.03 Å². The summed E-state index contributed by atoms with van der Waals surface area (Å²) >= 11 is 0. The number of rotatable bonds is 5. The van der Waals surface area contributed by atoms with Crippen LogP contribution < -0.4 is 10.1 Å². The lowest BCUT2D eigenvalue weighted by Crippen LogP contribution is -2.53. The molecule has 0 radical (unpaired) electrons. The normalized spacial score (nSPS) is 15.4. The second-order valence-corrected chi connectivity index (χ2v) is 8.23. The van der Waals surface area contributed by atoms with Crippen molar-refractivity contribution in [1.82, 2.24) is 14.5 Å². The van der Waals surface area contributed by atoms with E-state index in [9.17, 15) is 13.2 Å². The van der Waals surface area contributed by atoms with Crippen LogP contribution in [0.5, 0.6) is 5.75 Å². The van der Waals surface area contributed by atoms with Crippen molar-refractivity contribution in [3.8, 4) is 5.75 Å². The molecule has 0 bridgehead atoms. The minimum absolute atomic E-state index is 0.0602. The van der Waals surface area contributed by atoms with Crippen LogP contribution in [0.25, 0.3) is 0 Å². The number of nitrogens with one attached hydrogen (secondary N) is 1. The molecule has 0 unspecified atom stereocenters. The Morgan fingerprint density at radius 1 is 1.00 bits per heavy atom. The van der Waals surface area contributed by atoms with Crippen molar-refractivity contribution >= 4 is 16.1 Å². The van der Waals surface area contributed by atoms with E-state index in [0.717, 1.165) is 5.56 Å². The van der Waals surface area contributed by atoms with E-state index < -0.39 is 10.0 Å². The molecule has 7 nitrogen and oxygen atoms in total. The van der Waals surface area contributed by atoms with Gasteiger partial charge in [-0.3, -0.25) is 0 Å². The van der Waals surface area contributed by atoms with Crippen molar-refractivity contribution in [2.45, 2.75) is 11.8 Å². The van der Waals surface area contributed by atoms with Crippen LogP contribution >= 0.6 is 0 Å². The summed E-state index contributed by atoms with van der Waals surface area (Å²) in [4.78, 5) is 14.1. The van der Waals surface area contributed by atoms with Crippen molar-refractivity contribution in [3.05, 3.63) is 60.2 Å². The molecule has 0 spiro atoms. The van der Waals surface area contributed by atoms with Crippen LogP contribution in [0.2, 0.25) is 0 Å². The Balaban J connectivity index is 1.49. The van der Waals surface area contributed by atoms with E-state index in [4.69, 9.17) is 4.74 Å². The fraction of sp³-hybridized carbons (Fsp3) is 0.316. The van der Waals surface area contributed by atoms with Gasteiger partial charge in [0.05, 0.1) is 4.90 Å². The van der Waals surface area contributed by atoms with Gasteiger partial charge in [-0.2, -0.15) is 4.31 Å². The minimum Gasteiger partial charge on any atom is -0.473 e. The topological polar surface area (TPSA) is 79.0 Å². The second kappa shape index (κ2) is 8.41. The second-order valence-electron chi connectivity index (χ2n) is 6.29. The third kappa shape index (κ3) is 4.78.